The van der Waals surface area contributed by atoms with Crippen LogP contribution in [0.1, 0.15) is 30.4 Å². The van der Waals surface area contributed by atoms with E-state index < -0.39 is 5.54 Å². The molecule has 0 radical (unpaired) electrons. The van der Waals surface area contributed by atoms with Gasteiger partial charge in [-0.05, 0) is 60.7 Å². The Morgan fingerprint density at radius 3 is 2.48 bits per heavy atom. The number of benzene rings is 3. The number of halogens is 2. The van der Waals surface area contributed by atoms with Crippen LogP contribution >= 0.6 is 35.8 Å². The molecule has 1 atom stereocenters. The van der Waals surface area contributed by atoms with Crippen molar-refractivity contribution in [1.82, 2.24) is 0 Å². The monoisotopic (exact) mass is 501 g/mol. The van der Waals surface area contributed by atoms with E-state index in [-0.39, 0.29) is 19.0 Å². The average molecular weight is 503 g/mol. The highest BCUT2D eigenvalue weighted by Gasteiger charge is 2.22. The van der Waals surface area contributed by atoms with E-state index in [9.17, 15) is 5.11 Å². The number of aliphatic hydroxyl groups excluding tert-OH is 1. The topological polar surface area (TPSA) is 55.5 Å². The molecule has 0 saturated heterocycles. The molecule has 0 aliphatic carbocycles. The van der Waals surface area contributed by atoms with Gasteiger partial charge < -0.3 is 15.6 Å². The number of rotatable bonds is 11. The predicted molar refractivity (Wildman–Crippen MR) is 140 cm³/mol. The van der Waals surface area contributed by atoms with E-state index in [4.69, 9.17) is 28.5 Å². The summed E-state index contributed by atoms with van der Waals surface area (Å²) in [7, 11) is 0. The summed E-state index contributed by atoms with van der Waals surface area (Å²) in [6.45, 7) is 0.422. The zero-order valence-electron chi connectivity index (χ0n) is 18.4. The normalized spacial score (nSPS) is 12.3. The molecule has 0 aromatic heterocycles. The van der Waals surface area contributed by atoms with E-state index in [1.54, 1.807) is 11.8 Å². The highest BCUT2D eigenvalue weighted by Crippen LogP contribution is 2.33. The number of aliphatic hydroxyl groups is 1. The largest absolute Gasteiger partial charge is 0.489 e. The van der Waals surface area contributed by atoms with Gasteiger partial charge in [-0.2, -0.15) is 0 Å². The van der Waals surface area contributed by atoms with Crippen LogP contribution in [0.25, 0.3) is 0 Å². The smallest absolute Gasteiger partial charge is 0.120 e. The number of ether oxygens (including phenoxy) is 1. The maximum Gasteiger partial charge on any atom is 0.120 e. The minimum Gasteiger partial charge on any atom is -0.489 e. The fourth-order valence-corrected chi connectivity index (χ4v) is 4.60. The van der Waals surface area contributed by atoms with Crippen molar-refractivity contribution in [2.75, 3.05) is 6.61 Å². The van der Waals surface area contributed by atoms with Gasteiger partial charge in [0, 0.05) is 26.8 Å². The average Bonchev–Trinajstić information content (AvgIpc) is 2.80. The Morgan fingerprint density at radius 2 is 1.79 bits per heavy atom. The molecule has 0 fully saturated rings. The minimum absolute atomic E-state index is 0. The Morgan fingerprint density at radius 1 is 1.03 bits per heavy atom. The molecule has 3 N–H and O–H groups in total. The lowest BCUT2D eigenvalue weighted by atomic mass is 9.90. The van der Waals surface area contributed by atoms with Crippen LogP contribution in [0.4, 0.5) is 0 Å². The summed E-state index contributed by atoms with van der Waals surface area (Å²) in [4.78, 5) is 2.15. The van der Waals surface area contributed by atoms with Crippen LogP contribution < -0.4 is 10.5 Å². The van der Waals surface area contributed by atoms with Crippen LogP contribution in [0, 0.1) is 12.3 Å². The standard InChI is InChI=1S/C27H28ClNO2S.ClH/c1-2-15-27(29,20-30)16-7-10-22-13-14-25(18-26(22)28)32-24-12-6-11-23(17-24)31-19-21-8-4-3-5-9-21;/h1,3-6,8-9,11-14,17-18,30H,7,10,15-16,19-20,29H2;1H. The summed E-state index contributed by atoms with van der Waals surface area (Å²) in [6.07, 6.45) is 7.97. The molecule has 3 nitrogen and oxygen atoms in total. The third-order valence-electron chi connectivity index (χ3n) is 5.20. The second-order valence-corrected chi connectivity index (χ2v) is 9.41. The Bertz CT molecular complexity index is 1060. The molecule has 0 spiro atoms. The summed E-state index contributed by atoms with van der Waals surface area (Å²) in [6, 6.07) is 24.3. The van der Waals surface area contributed by atoms with E-state index in [1.807, 2.05) is 42.5 Å². The van der Waals surface area contributed by atoms with Crippen molar-refractivity contribution in [3.63, 3.8) is 0 Å². The molecule has 0 amide bonds. The number of aryl methyl sites for hydroxylation is 1. The number of nitrogens with two attached hydrogens (primary N) is 1. The summed E-state index contributed by atoms with van der Waals surface area (Å²) >= 11 is 8.18. The zero-order valence-corrected chi connectivity index (χ0v) is 20.8. The van der Waals surface area contributed by atoms with Gasteiger partial charge in [0.2, 0.25) is 0 Å². The molecule has 0 bridgehead atoms. The first kappa shape index (κ1) is 27.1. The molecular weight excluding hydrogens is 473 g/mol. The Balaban J connectivity index is 0.00000385. The fourth-order valence-electron chi connectivity index (χ4n) is 3.36. The van der Waals surface area contributed by atoms with Crippen LogP contribution in [0.5, 0.6) is 5.75 Å². The van der Waals surface area contributed by atoms with Crippen LogP contribution in [0.15, 0.2) is 82.6 Å². The molecule has 0 aliphatic rings. The number of terminal acetylenes is 1. The Labute approximate surface area is 212 Å². The van der Waals surface area contributed by atoms with Crippen molar-refractivity contribution in [3.05, 3.63) is 88.9 Å². The third kappa shape index (κ3) is 8.62. The second-order valence-electron chi connectivity index (χ2n) is 7.86. The summed E-state index contributed by atoms with van der Waals surface area (Å²) in [5.41, 5.74) is 7.63. The first-order valence-corrected chi connectivity index (χ1v) is 11.8. The molecule has 0 saturated carbocycles. The van der Waals surface area contributed by atoms with E-state index in [0.717, 1.165) is 44.5 Å². The van der Waals surface area contributed by atoms with Crippen LogP contribution in [-0.4, -0.2) is 17.3 Å². The number of hydrogen-bond donors (Lipinski definition) is 2. The van der Waals surface area contributed by atoms with E-state index in [0.29, 0.717) is 19.4 Å². The van der Waals surface area contributed by atoms with Crippen molar-refractivity contribution in [1.29, 1.82) is 0 Å². The van der Waals surface area contributed by atoms with Crippen LogP contribution in [0.3, 0.4) is 0 Å². The zero-order chi connectivity index (χ0) is 22.8. The van der Waals surface area contributed by atoms with Crippen molar-refractivity contribution >= 4 is 35.8 Å². The molecule has 3 rings (SSSR count). The third-order valence-corrected chi connectivity index (χ3v) is 6.53. The second kappa shape index (κ2) is 13.5. The van der Waals surface area contributed by atoms with Crippen molar-refractivity contribution in [2.24, 2.45) is 5.73 Å². The summed E-state index contributed by atoms with van der Waals surface area (Å²) < 4.78 is 5.93. The first-order valence-electron chi connectivity index (χ1n) is 10.6. The van der Waals surface area contributed by atoms with Gasteiger partial charge >= 0.3 is 0 Å². The molecular formula is C27H29Cl2NO2S. The molecule has 3 aromatic rings. The summed E-state index contributed by atoms with van der Waals surface area (Å²) in [5, 5.41) is 10.2. The molecule has 3 aromatic carbocycles. The van der Waals surface area contributed by atoms with Crippen molar-refractivity contribution in [3.8, 4) is 18.1 Å². The lowest BCUT2D eigenvalue weighted by molar-refractivity contribution is 0.188. The number of hydrogen-bond acceptors (Lipinski definition) is 4. The van der Waals surface area contributed by atoms with Gasteiger partial charge in [-0.15, -0.1) is 24.8 Å². The lowest BCUT2D eigenvalue weighted by Gasteiger charge is -2.24. The Hall–Kier alpha value is -2.13. The van der Waals surface area contributed by atoms with E-state index in [2.05, 4.69) is 36.3 Å². The molecule has 33 heavy (non-hydrogen) atoms. The molecule has 0 heterocycles. The minimum atomic E-state index is -0.718. The van der Waals surface area contributed by atoms with Gasteiger partial charge in [0.05, 0.1) is 6.61 Å². The fraction of sp³-hybridized carbons (Fsp3) is 0.259. The molecule has 6 heteroatoms. The van der Waals surface area contributed by atoms with Gasteiger partial charge in [-0.1, -0.05) is 65.8 Å². The molecule has 174 valence electrons. The van der Waals surface area contributed by atoms with Crippen molar-refractivity contribution < 1.29 is 9.84 Å². The first-order chi connectivity index (χ1) is 15.5. The summed E-state index contributed by atoms with van der Waals surface area (Å²) in [5.74, 6) is 3.38. The van der Waals surface area contributed by atoms with E-state index >= 15 is 0 Å². The lowest BCUT2D eigenvalue weighted by Crippen LogP contribution is -2.43. The van der Waals surface area contributed by atoms with Gasteiger partial charge in [0.1, 0.15) is 12.4 Å². The van der Waals surface area contributed by atoms with Gasteiger partial charge in [-0.3, -0.25) is 0 Å². The maximum absolute atomic E-state index is 9.50. The van der Waals surface area contributed by atoms with Gasteiger partial charge in [-0.25, -0.2) is 0 Å². The quantitative estimate of drug-likeness (QED) is 0.293. The Kier molecular flexibility index (Phi) is 11.1. The highest BCUT2D eigenvalue weighted by molar-refractivity contribution is 7.99. The molecule has 1 unspecified atom stereocenters. The van der Waals surface area contributed by atoms with Gasteiger partial charge in [0.25, 0.3) is 0 Å². The molecule has 0 aliphatic heterocycles. The predicted octanol–water partition coefficient (Wildman–Crippen LogP) is 6.53. The highest BCUT2D eigenvalue weighted by atomic mass is 35.5. The van der Waals surface area contributed by atoms with Crippen molar-refractivity contribution in [2.45, 2.75) is 47.6 Å². The maximum atomic E-state index is 9.50. The van der Waals surface area contributed by atoms with E-state index in [1.165, 1.54) is 0 Å². The van der Waals surface area contributed by atoms with Crippen LogP contribution in [-0.2, 0) is 13.0 Å². The SMILES string of the molecule is C#CCC(N)(CO)CCCc1ccc(Sc2cccc(OCc3ccccc3)c2)cc1Cl.Cl. The van der Waals surface area contributed by atoms with Gasteiger partial charge in [0.15, 0.2) is 0 Å². The van der Waals surface area contributed by atoms with Crippen LogP contribution in [0.2, 0.25) is 5.02 Å².